The number of carbonyl (C=O) groups is 1. The molecule has 0 radical (unpaired) electrons. The highest BCUT2D eigenvalue weighted by molar-refractivity contribution is 7.99. The zero-order chi connectivity index (χ0) is 24.6. The van der Waals surface area contributed by atoms with Crippen molar-refractivity contribution in [1.29, 1.82) is 0 Å². The molecule has 0 aliphatic carbocycles. The van der Waals surface area contributed by atoms with Gasteiger partial charge in [-0.2, -0.15) is 0 Å². The van der Waals surface area contributed by atoms with E-state index in [9.17, 15) is 9.90 Å². The lowest BCUT2D eigenvalue weighted by Gasteiger charge is -2.34. The van der Waals surface area contributed by atoms with Crippen LogP contribution in [-0.2, 0) is 11.2 Å². The number of methoxy groups -OCH3 is 1. The van der Waals surface area contributed by atoms with Gasteiger partial charge in [0, 0.05) is 9.92 Å². The first-order valence-electron chi connectivity index (χ1n) is 11.2. The molecule has 0 bridgehead atoms. The summed E-state index contributed by atoms with van der Waals surface area (Å²) in [6, 6.07) is 12.1. The number of aryl methyl sites for hydroxylation is 2. The number of nitrogens with one attached hydrogen (secondary N) is 1. The first-order chi connectivity index (χ1) is 15.5. The molecule has 2 aromatic rings. The maximum absolute atomic E-state index is 12.4. The average molecular weight is 494 g/mol. The van der Waals surface area contributed by atoms with E-state index in [-0.39, 0.29) is 6.61 Å². The Bertz CT molecular complexity index is 944. The van der Waals surface area contributed by atoms with Gasteiger partial charge in [0.15, 0.2) is 0 Å². The van der Waals surface area contributed by atoms with E-state index in [4.69, 9.17) is 21.1 Å². The van der Waals surface area contributed by atoms with Gasteiger partial charge in [0.2, 0.25) is 0 Å². The molecular formula is C26H36ClNO4S. The number of hydrogen-bond acceptors (Lipinski definition) is 5. The van der Waals surface area contributed by atoms with Crippen LogP contribution in [0.15, 0.2) is 46.2 Å². The largest absolute Gasteiger partial charge is 0.496 e. The number of amides is 1. The van der Waals surface area contributed by atoms with E-state index in [0.717, 1.165) is 33.1 Å². The molecule has 0 heterocycles. The van der Waals surface area contributed by atoms with Crippen molar-refractivity contribution >= 4 is 29.5 Å². The number of halogens is 1. The average Bonchev–Trinajstić information content (AvgIpc) is 2.72. The molecule has 0 fully saturated rings. The van der Waals surface area contributed by atoms with Gasteiger partial charge in [-0.3, -0.25) is 0 Å². The Labute approximate surface area is 207 Å². The van der Waals surface area contributed by atoms with E-state index < -0.39 is 17.2 Å². The van der Waals surface area contributed by atoms with E-state index in [0.29, 0.717) is 24.3 Å². The summed E-state index contributed by atoms with van der Waals surface area (Å²) < 4.78 is 10.9. The Morgan fingerprint density at radius 2 is 1.88 bits per heavy atom. The molecule has 1 amide bonds. The molecule has 5 nitrogen and oxygen atoms in total. The lowest BCUT2D eigenvalue weighted by molar-refractivity contribution is 0.0373. The molecule has 33 heavy (non-hydrogen) atoms. The maximum atomic E-state index is 12.4. The molecule has 2 N–H and O–H groups in total. The first kappa shape index (κ1) is 27.4. The third-order valence-electron chi connectivity index (χ3n) is 5.24. The van der Waals surface area contributed by atoms with Gasteiger partial charge in [0.05, 0.1) is 24.2 Å². The van der Waals surface area contributed by atoms with E-state index in [2.05, 4.69) is 18.3 Å². The van der Waals surface area contributed by atoms with Gasteiger partial charge in [0.25, 0.3) is 0 Å². The first-order valence-corrected chi connectivity index (χ1v) is 12.4. The number of ether oxygens (including phenoxy) is 2. The van der Waals surface area contributed by atoms with Crippen LogP contribution in [0.3, 0.4) is 0 Å². The van der Waals surface area contributed by atoms with Crippen LogP contribution >= 0.6 is 23.4 Å². The third-order valence-corrected chi connectivity index (χ3v) is 6.62. The topological polar surface area (TPSA) is 67.8 Å². The number of carbonyl (C=O) groups excluding carboxylic acids is 1. The van der Waals surface area contributed by atoms with Crippen molar-refractivity contribution in [2.24, 2.45) is 0 Å². The summed E-state index contributed by atoms with van der Waals surface area (Å²) in [6.07, 6.45) is 2.11. The Balaban J connectivity index is 2.14. The molecule has 2 rings (SSSR count). The van der Waals surface area contributed by atoms with E-state index in [1.807, 2.05) is 58.0 Å². The lowest BCUT2D eigenvalue weighted by atomic mass is 9.87. The highest BCUT2D eigenvalue weighted by atomic mass is 35.5. The van der Waals surface area contributed by atoms with Crippen molar-refractivity contribution in [3.05, 3.63) is 52.5 Å². The molecule has 7 heteroatoms. The van der Waals surface area contributed by atoms with Crippen LogP contribution in [0.1, 0.15) is 58.1 Å². The van der Waals surface area contributed by atoms with Crippen molar-refractivity contribution in [2.75, 3.05) is 13.7 Å². The van der Waals surface area contributed by atoms with E-state index in [1.54, 1.807) is 18.9 Å². The van der Waals surface area contributed by atoms with Crippen LogP contribution in [0.5, 0.6) is 5.75 Å². The monoisotopic (exact) mass is 493 g/mol. The lowest BCUT2D eigenvalue weighted by Crippen LogP contribution is -2.53. The van der Waals surface area contributed by atoms with Crippen LogP contribution < -0.4 is 10.1 Å². The predicted octanol–water partition coefficient (Wildman–Crippen LogP) is 6.80. The summed E-state index contributed by atoms with van der Waals surface area (Å²) in [4.78, 5) is 14.4. The maximum Gasteiger partial charge on any atom is 0.408 e. The van der Waals surface area contributed by atoms with Gasteiger partial charge in [0.1, 0.15) is 11.4 Å². The second kappa shape index (κ2) is 12.0. The third kappa shape index (κ3) is 8.43. The standard InChI is InChI=1S/C26H36ClNO4S/c1-7-13-26(17-29,28-24(30)32-25(3,4)5)14-12-19-9-10-20(16-21(19)27)33-23-15-18(2)8-11-22(23)31-6/h8-11,15-16,29H,7,12-14,17H2,1-6H3,(H,28,30)/t26-/m0/s1. The quantitative estimate of drug-likeness (QED) is 0.381. The summed E-state index contributed by atoms with van der Waals surface area (Å²) >= 11 is 8.23. The van der Waals surface area contributed by atoms with Crippen LogP contribution in [0, 0.1) is 6.92 Å². The summed E-state index contributed by atoms with van der Waals surface area (Å²) in [7, 11) is 1.67. The van der Waals surface area contributed by atoms with Crippen LogP contribution in [0.2, 0.25) is 5.02 Å². The summed E-state index contributed by atoms with van der Waals surface area (Å²) in [6.45, 7) is 9.36. The molecule has 0 saturated carbocycles. The van der Waals surface area contributed by atoms with Gasteiger partial charge in [-0.15, -0.1) is 0 Å². The minimum Gasteiger partial charge on any atom is -0.496 e. The van der Waals surface area contributed by atoms with Crippen molar-refractivity contribution in [3.8, 4) is 5.75 Å². The Morgan fingerprint density at radius 3 is 2.45 bits per heavy atom. The number of hydrogen-bond donors (Lipinski definition) is 2. The van der Waals surface area contributed by atoms with Gasteiger partial charge in [-0.25, -0.2) is 4.79 Å². The van der Waals surface area contributed by atoms with E-state index >= 15 is 0 Å². The highest BCUT2D eigenvalue weighted by Crippen LogP contribution is 2.37. The smallest absolute Gasteiger partial charge is 0.408 e. The molecule has 0 aromatic heterocycles. The minimum atomic E-state index is -0.761. The van der Waals surface area contributed by atoms with Crippen LogP contribution in [-0.4, -0.2) is 36.1 Å². The molecule has 0 aliphatic heterocycles. The van der Waals surface area contributed by atoms with Crippen LogP contribution in [0.4, 0.5) is 4.79 Å². The Hall–Kier alpha value is -1.89. The van der Waals surface area contributed by atoms with Crippen molar-refractivity contribution in [3.63, 3.8) is 0 Å². The fourth-order valence-electron chi connectivity index (χ4n) is 3.61. The van der Waals surface area contributed by atoms with E-state index in [1.165, 1.54) is 0 Å². The van der Waals surface area contributed by atoms with Crippen molar-refractivity contribution in [1.82, 2.24) is 5.32 Å². The molecule has 182 valence electrons. The van der Waals surface area contributed by atoms with Gasteiger partial charge in [-0.05, 0) is 82.3 Å². The summed E-state index contributed by atoms with van der Waals surface area (Å²) in [5, 5.41) is 13.7. The molecule has 0 saturated heterocycles. The number of aliphatic hydroxyl groups excluding tert-OH is 1. The minimum absolute atomic E-state index is 0.168. The highest BCUT2D eigenvalue weighted by Gasteiger charge is 2.32. The zero-order valence-electron chi connectivity index (χ0n) is 20.5. The number of benzene rings is 2. The number of rotatable bonds is 10. The molecule has 0 spiro atoms. The van der Waals surface area contributed by atoms with Crippen LogP contribution in [0.25, 0.3) is 0 Å². The Morgan fingerprint density at radius 1 is 1.15 bits per heavy atom. The number of alkyl carbamates (subject to hydrolysis) is 1. The van der Waals surface area contributed by atoms with Crippen molar-refractivity contribution < 1.29 is 19.4 Å². The normalized spacial score (nSPS) is 13.3. The summed E-state index contributed by atoms with van der Waals surface area (Å²) in [5.74, 6) is 0.825. The molecule has 1 atom stereocenters. The molecule has 0 unspecified atom stereocenters. The van der Waals surface area contributed by atoms with Gasteiger partial charge in [-0.1, -0.05) is 48.8 Å². The fourth-order valence-corrected chi connectivity index (χ4v) is 5.01. The molecule has 2 aromatic carbocycles. The second-order valence-electron chi connectivity index (χ2n) is 9.32. The second-order valence-corrected chi connectivity index (χ2v) is 10.8. The molecule has 0 aliphatic rings. The Kier molecular flexibility index (Phi) is 9.95. The SMILES string of the molecule is CCC[C@@](CO)(CCc1ccc(Sc2cc(C)ccc2OC)cc1Cl)NC(=O)OC(C)(C)C. The zero-order valence-corrected chi connectivity index (χ0v) is 22.0. The summed E-state index contributed by atoms with van der Waals surface area (Å²) in [5.41, 5.74) is 0.767. The van der Waals surface area contributed by atoms with Gasteiger partial charge < -0.3 is 19.9 Å². The predicted molar refractivity (Wildman–Crippen MR) is 136 cm³/mol. The molecular weight excluding hydrogens is 458 g/mol. The fraction of sp³-hybridized carbons (Fsp3) is 0.500. The van der Waals surface area contributed by atoms with Crippen molar-refractivity contribution in [2.45, 2.75) is 81.2 Å². The number of aliphatic hydroxyl groups is 1. The van der Waals surface area contributed by atoms with Gasteiger partial charge >= 0.3 is 6.09 Å².